The molecule has 4 nitrogen and oxygen atoms in total. The molecule has 0 atom stereocenters. The smallest absolute Gasteiger partial charge is 0.243 e. The van der Waals surface area contributed by atoms with Crippen LogP contribution >= 0.6 is 11.8 Å². The fraction of sp³-hybridized carbons (Fsp3) is 0.211. The van der Waals surface area contributed by atoms with Gasteiger partial charge in [-0.15, -0.1) is 11.8 Å². The molecular weight excluding hydrogens is 409 g/mol. The summed E-state index contributed by atoms with van der Waals surface area (Å²) in [6, 6.07) is 16.3. The molecule has 0 bridgehead atoms. The number of benzene rings is 2. The number of fused-ring (bicyclic) bond motifs is 1. The van der Waals surface area contributed by atoms with E-state index in [9.17, 15) is 21.6 Å². The average Bonchev–Trinajstić information content (AvgIpc) is 2.64. The fourth-order valence-corrected chi connectivity index (χ4v) is 4.83. The number of hydrogen-bond acceptors (Lipinski definition) is 4. The Hall–Kier alpha value is -2.10. The molecule has 0 amide bonds. The lowest BCUT2D eigenvalue weighted by molar-refractivity contribution is -0.141. The lowest BCUT2D eigenvalue weighted by Crippen LogP contribution is -2.27. The third kappa shape index (κ3) is 5.46. The highest BCUT2D eigenvalue weighted by Crippen LogP contribution is 2.34. The summed E-state index contributed by atoms with van der Waals surface area (Å²) in [5, 5.41) is 0.604. The van der Waals surface area contributed by atoms with E-state index in [1.54, 1.807) is 48.5 Å². The summed E-state index contributed by atoms with van der Waals surface area (Å²) < 4.78 is 66.0. The number of para-hydroxylation sites is 1. The minimum atomic E-state index is -4.55. The Bertz CT molecular complexity index is 1060. The maximum absolute atomic E-state index is 13.1. The van der Waals surface area contributed by atoms with E-state index in [-0.39, 0.29) is 17.8 Å². The van der Waals surface area contributed by atoms with Gasteiger partial charge in [0.25, 0.3) is 0 Å². The van der Waals surface area contributed by atoms with Crippen molar-refractivity contribution in [3.8, 4) is 0 Å². The van der Waals surface area contributed by atoms with Gasteiger partial charge in [0.1, 0.15) is 5.69 Å². The highest BCUT2D eigenvalue weighted by Gasteiger charge is 2.33. The van der Waals surface area contributed by atoms with Crippen molar-refractivity contribution in [3.63, 3.8) is 0 Å². The van der Waals surface area contributed by atoms with Crippen LogP contribution in [0.3, 0.4) is 0 Å². The van der Waals surface area contributed by atoms with E-state index in [1.165, 1.54) is 6.07 Å². The Morgan fingerprint density at radius 1 is 1.00 bits per heavy atom. The molecule has 3 rings (SSSR count). The third-order valence-electron chi connectivity index (χ3n) is 3.85. The van der Waals surface area contributed by atoms with Gasteiger partial charge in [-0.3, -0.25) is 0 Å². The van der Waals surface area contributed by atoms with Crippen LogP contribution in [0.15, 0.2) is 65.6 Å². The van der Waals surface area contributed by atoms with E-state index in [2.05, 4.69) is 9.71 Å². The van der Waals surface area contributed by atoms with Gasteiger partial charge in [0, 0.05) is 22.6 Å². The number of nitrogens with one attached hydrogen (secondary N) is 1. The van der Waals surface area contributed by atoms with Crippen molar-refractivity contribution in [2.24, 2.45) is 0 Å². The fourth-order valence-electron chi connectivity index (χ4n) is 2.61. The van der Waals surface area contributed by atoms with Gasteiger partial charge in [-0.1, -0.05) is 48.5 Å². The second-order valence-electron chi connectivity index (χ2n) is 6.01. The predicted molar refractivity (Wildman–Crippen MR) is 105 cm³/mol. The maximum Gasteiger partial charge on any atom is 0.433 e. The van der Waals surface area contributed by atoms with Crippen molar-refractivity contribution in [2.75, 3.05) is 12.3 Å². The van der Waals surface area contributed by atoms with Gasteiger partial charge >= 0.3 is 6.18 Å². The second kappa shape index (κ2) is 8.50. The van der Waals surface area contributed by atoms with E-state index in [0.29, 0.717) is 21.6 Å². The van der Waals surface area contributed by atoms with E-state index >= 15 is 0 Å². The van der Waals surface area contributed by atoms with Gasteiger partial charge in [0.2, 0.25) is 10.0 Å². The van der Waals surface area contributed by atoms with Crippen molar-refractivity contribution < 1.29 is 21.6 Å². The van der Waals surface area contributed by atoms with Gasteiger partial charge in [-0.2, -0.15) is 13.2 Å². The summed E-state index contributed by atoms with van der Waals surface area (Å²) in [7, 11) is -3.52. The quantitative estimate of drug-likeness (QED) is 0.448. The standard InChI is InChI=1S/C19H17F3N2O2S2/c20-19(21,22)18-12-17(15-8-4-5-9-16(15)24-18)27-11-10-23-28(25,26)13-14-6-2-1-3-7-14/h1-9,12,23H,10-11,13H2. The van der Waals surface area contributed by atoms with Crippen molar-refractivity contribution in [3.05, 3.63) is 71.9 Å². The molecule has 0 aliphatic carbocycles. The SMILES string of the molecule is O=S(=O)(Cc1ccccc1)NCCSc1cc(C(F)(F)F)nc2ccccc12. The summed E-state index contributed by atoms with van der Waals surface area (Å²) in [5.41, 5.74) is -0.0413. The highest BCUT2D eigenvalue weighted by molar-refractivity contribution is 7.99. The number of rotatable bonds is 7. The van der Waals surface area contributed by atoms with Crippen LogP contribution in [0.25, 0.3) is 10.9 Å². The maximum atomic E-state index is 13.1. The summed E-state index contributed by atoms with van der Waals surface area (Å²) in [6.07, 6.45) is -4.55. The van der Waals surface area contributed by atoms with Crippen molar-refractivity contribution >= 4 is 32.7 Å². The summed E-state index contributed by atoms with van der Waals surface area (Å²) in [5.74, 6) is 0.147. The second-order valence-corrected chi connectivity index (χ2v) is 8.95. The van der Waals surface area contributed by atoms with Crippen molar-refractivity contribution in [1.29, 1.82) is 0 Å². The Balaban J connectivity index is 1.67. The number of alkyl halides is 3. The first-order chi connectivity index (χ1) is 13.2. The van der Waals surface area contributed by atoms with E-state index in [1.807, 2.05) is 0 Å². The molecule has 0 aliphatic rings. The van der Waals surface area contributed by atoms with Gasteiger partial charge in [-0.25, -0.2) is 18.1 Å². The predicted octanol–water partition coefficient (Wildman–Crippen LogP) is 4.47. The van der Waals surface area contributed by atoms with Crippen LogP contribution in [0, 0.1) is 0 Å². The van der Waals surface area contributed by atoms with Crippen molar-refractivity contribution in [1.82, 2.24) is 9.71 Å². The number of thioether (sulfide) groups is 1. The molecule has 148 valence electrons. The number of nitrogens with zero attached hydrogens (tertiary/aromatic N) is 1. The van der Waals surface area contributed by atoms with Crippen LogP contribution in [0.2, 0.25) is 0 Å². The minimum absolute atomic E-state index is 0.109. The summed E-state index contributed by atoms with van der Waals surface area (Å²) >= 11 is 1.16. The van der Waals surface area contributed by atoms with E-state index < -0.39 is 21.9 Å². The summed E-state index contributed by atoms with van der Waals surface area (Å²) in [6.45, 7) is 0.109. The van der Waals surface area contributed by atoms with Crippen LogP contribution in [0.4, 0.5) is 13.2 Å². The molecular formula is C19H17F3N2O2S2. The molecule has 0 unspecified atom stereocenters. The molecule has 9 heteroatoms. The normalized spacial score (nSPS) is 12.4. The Morgan fingerprint density at radius 2 is 1.68 bits per heavy atom. The first kappa shape index (κ1) is 20.6. The molecule has 1 N–H and O–H groups in total. The van der Waals surface area contributed by atoms with Crippen LogP contribution in [-0.2, 0) is 22.0 Å². The molecule has 1 aromatic heterocycles. The largest absolute Gasteiger partial charge is 0.433 e. The topological polar surface area (TPSA) is 59.1 Å². The molecule has 2 aromatic carbocycles. The Morgan fingerprint density at radius 3 is 2.39 bits per heavy atom. The third-order valence-corrected chi connectivity index (χ3v) is 6.26. The number of aromatic nitrogens is 1. The van der Waals surface area contributed by atoms with Gasteiger partial charge in [0.05, 0.1) is 11.3 Å². The lowest BCUT2D eigenvalue weighted by Gasteiger charge is -2.12. The molecule has 1 heterocycles. The zero-order valence-electron chi connectivity index (χ0n) is 14.6. The number of pyridine rings is 1. The van der Waals surface area contributed by atoms with E-state index in [4.69, 9.17) is 0 Å². The van der Waals surface area contributed by atoms with Crippen molar-refractivity contribution in [2.45, 2.75) is 16.8 Å². The zero-order valence-corrected chi connectivity index (χ0v) is 16.2. The highest BCUT2D eigenvalue weighted by atomic mass is 32.2. The average molecular weight is 426 g/mol. The molecule has 3 aromatic rings. The monoisotopic (exact) mass is 426 g/mol. The number of hydrogen-bond donors (Lipinski definition) is 1. The first-order valence-corrected chi connectivity index (χ1v) is 11.0. The molecule has 0 fully saturated rings. The number of sulfonamides is 1. The summed E-state index contributed by atoms with van der Waals surface area (Å²) in [4.78, 5) is 4.09. The zero-order chi connectivity index (χ0) is 20.2. The van der Waals surface area contributed by atoms with Gasteiger partial charge in [-0.05, 0) is 17.7 Å². The Kier molecular flexibility index (Phi) is 6.26. The first-order valence-electron chi connectivity index (χ1n) is 8.36. The molecule has 0 aliphatic heterocycles. The molecule has 0 spiro atoms. The number of halogens is 3. The Labute approximate surface area is 165 Å². The molecule has 0 radical (unpaired) electrons. The van der Waals surface area contributed by atoms with Crippen LogP contribution in [0.1, 0.15) is 11.3 Å². The van der Waals surface area contributed by atoms with Gasteiger partial charge < -0.3 is 0 Å². The van der Waals surface area contributed by atoms with E-state index in [0.717, 1.165) is 17.8 Å². The van der Waals surface area contributed by atoms with Crippen LogP contribution in [-0.4, -0.2) is 25.7 Å². The molecule has 28 heavy (non-hydrogen) atoms. The molecule has 0 saturated carbocycles. The molecule has 0 saturated heterocycles. The van der Waals surface area contributed by atoms with Crippen LogP contribution in [0.5, 0.6) is 0 Å². The van der Waals surface area contributed by atoms with Crippen LogP contribution < -0.4 is 4.72 Å². The van der Waals surface area contributed by atoms with Gasteiger partial charge in [0.15, 0.2) is 0 Å². The minimum Gasteiger partial charge on any atom is -0.243 e. The lowest BCUT2D eigenvalue weighted by atomic mass is 10.2.